The van der Waals surface area contributed by atoms with Crippen LogP contribution in [0.2, 0.25) is 0 Å². The summed E-state index contributed by atoms with van der Waals surface area (Å²) < 4.78 is 9.91. The summed E-state index contributed by atoms with van der Waals surface area (Å²) in [6.07, 6.45) is 0.666. The van der Waals surface area contributed by atoms with Crippen LogP contribution in [0.4, 0.5) is 0 Å². The molecule has 0 saturated carbocycles. The van der Waals surface area contributed by atoms with Gasteiger partial charge < -0.3 is 14.6 Å². The van der Waals surface area contributed by atoms with Gasteiger partial charge in [-0.05, 0) is 12.0 Å². The zero-order valence-corrected chi connectivity index (χ0v) is 12.5. The second-order valence-electron chi connectivity index (χ2n) is 4.63. The number of ether oxygens (including phenoxy) is 1. The van der Waals surface area contributed by atoms with Crippen LogP contribution in [0, 0.1) is 0 Å². The number of carbonyl (C=O) groups excluding carboxylic acids is 1. The van der Waals surface area contributed by atoms with Crippen LogP contribution in [0.5, 0.6) is 0 Å². The minimum absolute atomic E-state index is 0.163. The highest BCUT2D eigenvalue weighted by Crippen LogP contribution is 2.08. The van der Waals surface area contributed by atoms with Gasteiger partial charge in [-0.3, -0.25) is 4.79 Å². The van der Waals surface area contributed by atoms with E-state index in [-0.39, 0.29) is 24.2 Å². The zero-order chi connectivity index (χ0) is 15.1. The van der Waals surface area contributed by atoms with Gasteiger partial charge in [-0.15, -0.1) is 11.6 Å². The molecule has 0 aliphatic heterocycles. The normalized spacial score (nSPS) is 12.1. The first-order valence-electron chi connectivity index (χ1n) is 6.58. The van der Waals surface area contributed by atoms with E-state index in [1.165, 1.54) is 0 Å². The number of alkyl halides is 1. The Balaban J connectivity index is 1.95. The lowest BCUT2D eigenvalue weighted by molar-refractivity contribution is 0.0930. The Kier molecular flexibility index (Phi) is 5.78. The van der Waals surface area contributed by atoms with E-state index in [2.05, 4.69) is 10.5 Å². The summed E-state index contributed by atoms with van der Waals surface area (Å²) in [4.78, 5) is 12.1. The maximum atomic E-state index is 12.1. The van der Waals surface area contributed by atoms with Crippen molar-refractivity contribution >= 4 is 17.5 Å². The molecular weight excluding hydrogens is 292 g/mol. The smallest absolute Gasteiger partial charge is 0.273 e. The number of methoxy groups -OCH3 is 1. The zero-order valence-electron chi connectivity index (χ0n) is 11.7. The summed E-state index contributed by atoms with van der Waals surface area (Å²) in [5.41, 5.74) is 1.34. The quantitative estimate of drug-likeness (QED) is 0.798. The third kappa shape index (κ3) is 4.58. The van der Waals surface area contributed by atoms with Crippen molar-refractivity contribution in [3.63, 3.8) is 0 Å². The van der Waals surface area contributed by atoms with E-state index < -0.39 is 0 Å². The van der Waals surface area contributed by atoms with Crippen molar-refractivity contribution in [2.75, 3.05) is 13.0 Å². The van der Waals surface area contributed by atoms with Crippen LogP contribution in [-0.2, 0) is 17.8 Å². The summed E-state index contributed by atoms with van der Waals surface area (Å²) in [6, 6.07) is 11.3. The summed E-state index contributed by atoms with van der Waals surface area (Å²) in [5.74, 6) is 0.527. The molecule has 1 amide bonds. The van der Waals surface area contributed by atoms with Crippen molar-refractivity contribution < 1.29 is 14.1 Å². The number of rotatable bonds is 7. The summed E-state index contributed by atoms with van der Waals surface area (Å²) in [6.45, 7) is 0.281. The Morgan fingerprint density at radius 2 is 2.19 bits per heavy atom. The summed E-state index contributed by atoms with van der Waals surface area (Å²) in [5, 5.41) is 6.57. The fourth-order valence-electron chi connectivity index (χ4n) is 1.93. The maximum Gasteiger partial charge on any atom is 0.273 e. The van der Waals surface area contributed by atoms with E-state index in [0.29, 0.717) is 18.1 Å². The lowest BCUT2D eigenvalue weighted by Crippen LogP contribution is -2.37. The fraction of sp³-hybridized carbons (Fsp3) is 0.333. The maximum absolute atomic E-state index is 12.1. The number of amides is 1. The average Bonchev–Trinajstić information content (AvgIpc) is 2.97. The number of hydrogen-bond acceptors (Lipinski definition) is 4. The van der Waals surface area contributed by atoms with Crippen molar-refractivity contribution in [3.8, 4) is 0 Å². The SMILES string of the molecule is COCc1cc(C(=O)NC(CCl)Cc2ccccc2)no1. The molecule has 0 aliphatic rings. The third-order valence-electron chi connectivity index (χ3n) is 2.92. The van der Waals surface area contributed by atoms with E-state index in [0.717, 1.165) is 5.56 Å². The molecule has 0 radical (unpaired) electrons. The van der Waals surface area contributed by atoms with Crippen LogP contribution in [-0.4, -0.2) is 30.1 Å². The molecule has 2 aromatic rings. The topological polar surface area (TPSA) is 64.4 Å². The first-order valence-corrected chi connectivity index (χ1v) is 7.11. The van der Waals surface area contributed by atoms with Gasteiger partial charge in [0.05, 0.1) is 0 Å². The van der Waals surface area contributed by atoms with Crippen LogP contribution in [0.3, 0.4) is 0 Å². The molecule has 5 nitrogen and oxygen atoms in total. The van der Waals surface area contributed by atoms with E-state index in [4.69, 9.17) is 20.9 Å². The number of carbonyl (C=O) groups is 1. The second kappa shape index (κ2) is 7.81. The predicted octanol–water partition coefficient (Wildman–Crippen LogP) is 2.40. The van der Waals surface area contributed by atoms with Gasteiger partial charge >= 0.3 is 0 Å². The highest BCUT2D eigenvalue weighted by molar-refractivity contribution is 6.18. The Labute approximate surface area is 128 Å². The van der Waals surface area contributed by atoms with Crippen LogP contribution in [0.1, 0.15) is 21.8 Å². The van der Waals surface area contributed by atoms with Gasteiger partial charge in [-0.2, -0.15) is 0 Å². The Morgan fingerprint density at radius 1 is 1.43 bits per heavy atom. The van der Waals surface area contributed by atoms with Gasteiger partial charge in [-0.1, -0.05) is 35.5 Å². The van der Waals surface area contributed by atoms with Crippen molar-refractivity contribution in [3.05, 3.63) is 53.4 Å². The number of benzene rings is 1. The summed E-state index contributed by atoms with van der Waals surface area (Å²) in [7, 11) is 1.55. The molecule has 0 bridgehead atoms. The molecule has 0 aliphatic carbocycles. The highest BCUT2D eigenvalue weighted by Gasteiger charge is 2.17. The Bertz CT molecular complexity index is 571. The van der Waals surface area contributed by atoms with Gasteiger partial charge in [0, 0.05) is 25.1 Å². The molecule has 112 valence electrons. The minimum Gasteiger partial charge on any atom is -0.377 e. The van der Waals surface area contributed by atoms with Gasteiger partial charge in [0.1, 0.15) is 6.61 Å². The number of aromatic nitrogens is 1. The van der Waals surface area contributed by atoms with Crippen LogP contribution in [0.25, 0.3) is 0 Å². The molecule has 2 rings (SSSR count). The minimum atomic E-state index is -0.303. The molecule has 6 heteroatoms. The van der Waals surface area contributed by atoms with Crippen molar-refractivity contribution in [2.24, 2.45) is 0 Å². The lowest BCUT2D eigenvalue weighted by atomic mass is 10.1. The average molecular weight is 309 g/mol. The van der Waals surface area contributed by atoms with Gasteiger partial charge in [0.15, 0.2) is 11.5 Å². The molecule has 1 aromatic heterocycles. The first-order chi connectivity index (χ1) is 10.2. The molecule has 1 N–H and O–H groups in total. The lowest BCUT2D eigenvalue weighted by Gasteiger charge is -2.15. The highest BCUT2D eigenvalue weighted by atomic mass is 35.5. The molecule has 1 heterocycles. The van der Waals surface area contributed by atoms with E-state index >= 15 is 0 Å². The van der Waals surface area contributed by atoms with Crippen molar-refractivity contribution in [1.29, 1.82) is 0 Å². The van der Waals surface area contributed by atoms with E-state index in [1.54, 1.807) is 13.2 Å². The molecule has 1 atom stereocenters. The predicted molar refractivity (Wildman–Crippen MR) is 79.3 cm³/mol. The Hall–Kier alpha value is -1.85. The third-order valence-corrected chi connectivity index (χ3v) is 3.30. The molecule has 0 saturated heterocycles. The van der Waals surface area contributed by atoms with Gasteiger partial charge in [0.2, 0.25) is 0 Å². The number of nitrogens with one attached hydrogen (secondary N) is 1. The molecule has 1 aromatic carbocycles. The van der Waals surface area contributed by atoms with Gasteiger partial charge in [-0.25, -0.2) is 0 Å². The van der Waals surface area contributed by atoms with Crippen molar-refractivity contribution in [2.45, 2.75) is 19.1 Å². The molecule has 0 fully saturated rings. The molecule has 1 unspecified atom stereocenters. The molecule has 0 spiro atoms. The fourth-order valence-corrected chi connectivity index (χ4v) is 2.12. The molecule has 21 heavy (non-hydrogen) atoms. The second-order valence-corrected chi connectivity index (χ2v) is 4.93. The molecular formula is C15H17ClN2O3. The number of halogens is 1. The monoisotopic (exact) mass is 308 g/mol. The standard InChI is InChI=1S/C15H17ClN2O3/c1-20-10-13-8-14(18-21-13)15(19)17-12(9-16)7-11-5-3-2-4-6-11/h2-6,8,12H,7,9-10H2,1H3,(H,17,19). The largest absolute Gasteiger partial charge is 0.377 e. The summed E-state index contributed by atoms with van der Waals surface area (Å²) >= 11 is 5.93. The van der Waals surface area contributed by atoms with Crippen LogP contribution in [0.15, 0.2) is 40.9 Å². The number of nitrogens with zero attached hydrogens (tertiary/aromatic N) is 1. The first kappa shape index (κ1) is 15.5. The number of hydrogen-bond donors (Lipinski definition) is 1. The van der Waals surface area contributed by atoms with E-state index in [1.807, 2.05) is 30.3 Å². The van der Waals surface area contributed by atoms with Crippen LogP contribution >= 0.6 is 11.6 Å². The Morgan fingerprint density at radius 3 is 2.86 bits per heavy atom. The van der Waals surface area contributed by atoms with Crippen molar-refractivity contribution in [1.82, 2.24) is 10.5 Å². The van der Waals surface area contributed by atoms with Crippen LogP contribution < -0.4 is 5.32 Å². The van der Waals surface area contributed by atoms with Gasteiger partial charge in [0.25, 0.3) is 5.91 Å². The van der Waals surface area contributed by atoms with E-state index in [9.17, 15) is 4.79 Å².